The number of hydrogen-bond donors (Lipinski definition) is 3. The average molecular weight is 295 g/mol. The van der Waals surface area contributed by atoms with E-state index in [9.17, 15) is 14.7 Å². The second kappa shape index (κ2) is 6.15. The highest BCUT2D eigenvalue weighted by Crippen LogP contribution is 2.32. The Morgan fingerprint density at radius 1 is 1.57 bits per heavy atom. The van der Waals surface area contributed by atoms with Crippen molar-refractivity contribution in [2.45, 2.75) is 51.6 Å². The fraction of sp³-hybridized carbons (Fsp3) is 0.643. The van der Waals surface area contributed by atoms with Crippen LogP contribution in [0.15, 0.2) is 10.6 Å². The van der Waals surface area contributed by atoms with Gasteiger partial charge < -0.3 is 20.3 Å². The summed E-state index contributed by atoms with van der Waals surface area (Å²) in [5.74, 6) is -0.157. The van der Waals surface area contributed by atoms with Gasteiger partial charge in [-0.2, -0.15) is 0 Å². The first kappa shape index (κ1) is 15.3. The van der Waals surface area contributed by atoms with Crippen LogP contribution in [0.25, 0.3) is 0 Å². The number of rotatable bonds is 4. The Morgan fingerprint density at radius 2 is 2.33 bits per heavy atom. The van der Waals surface area contributed by atoms with Crippen molar-refractivity contribution in [1.29, 1.82) is 0 Å². The average Bonchev–Trinajstić information content (AvgIpc) is 2.82. The van der Waals surface area contributed by atoms with E-state index in [4.69, 9.17) is 4.52 Å². The first-order valence-electron chi connectivity index (χ1n) is 7.13. The van der Waals surface area contributed by atoms with Crippen molar-refractivity contribution >= 4 is 12.0 Å². The second-order valence-electron chi connectivity index (χ2n) is 5.83. The number of aromatic nitrogens is 1. The molecule has 0 bridgehead atoms. The largest absolute Gasteiger partial charge is 0.480 e. The minimum Gasteiger partial charge on any atom is -0.480 e. The molecule has 116 valence electrons. The van der Waals surface area contributed by atoms with Gasteiger partial charge in [-0.15, -0.1) is 0 Å². The predicted molar refractivity (Wildman–Crippen MR) is 74.6 cm³/mol. The summed E-state index contributed by atoms with van der Waals surface area (Å²) >= 11 is 0. The molecule has 1 heterocycles. The van der Waals surface area contributed by atoms with E-state index in [-0.39, 0.29) is 12.5 Å². The molecule has 1 saturated carbocycles. The maximum absolute atomic E-state index is 12.0. The van der Waals surface area contributed by atoms with E-state index in [0.717, 1.165) is 18.5 Å². The highest BCUT2D eigenvalue weighted by Gasteiger charge is 2.43. The van der Waals surface area contributed by atoms with Crippen LogP contribution in [0.2, 0.25) is 0 Å². The van der Waals surface area contributed by atoms with Crippen molar-refractivity contribution in [2.75, 3.05) is 0 Å². The predicted octanol–water partition coefficient (Wildman–Crippen LogP) is 1.82. The maximum atomic E-state index is 12.0. The molecule has 2 atom stereocenters. The van der Waals surface area contributed by atoms with E-state index in [1.54, 1.807) is 13.0 Å². The van der Waals surface area contributed by atoms with Crippen LogP contribution >= 0.6 is 0 Å². The molecule has 7 nitrogen and oxygen atoms in total. The third kappa shape index (κ3) is 3.74. The van der Waals surface area contributed by atoms with E-state index in [1.807, 2.05) is 6.92 Å². The Labute approximate surface area is 123 Å². The summed E-state index contributed by atoms with van der Waals surface area (Å²) in [5, 5.41) is 18.4. The van der Waals surface area contributed by atoms with Gasteiger partial charge in [-0.05, 0) is 25.7 Å². The lowest BCUT2D eigenvalue weighted by atomic mass is 9.76. The standard InChI is InChI=1S/C14H21N3O4/c1-9-4-3-5-14(7-9,12(18)19)16-13(20)15-8-11-6-10(2)17-21-11/h6,9H,3-5,7-8H2,1-2H3,(H,18,19)(H2,15,16,20). The number of nitrogens with one attached hydrogen (secondary N) is 2. The third-order valence-corrected chi connectivity index (χ3v) is 3.86. The quantitative estimate of drug-likeness (QED) is 0.786. The lowest BCUT2D eigenvalue weighted by Crippen LogP contribution is -2.58. The normalized spacial score (nSPS) is 25.3. The van der Waals surface area contributed by atoms with E-state index in [1.165, 1.54) is 0 Å². The first-order chi connectivity index (χ1) is 9.91. The van der Waals surface area contributed by atoms with Gasteiger partial charge in [0.2, 0.25) is 0 Å². The van der Waals surface area contributed by atoms with Crippen LogP contribution in [-0.4, -0.2) is 27.8 Å². The fourth-order valence-electron chi connectivity index (χ4n) is 2.84. The van der Waals surface area contributed by atoms with Crippen LogP contribution < -0.4 is 10.6 Å². The first-order valence-corrected chi connectivity index (χ1v) is 7.13. The summed E-state index contributed by atoms with van der Waals surface area (Å²) in [6, 6.07) is 1.22. The zero-order chi connectivity index (χ0) is 15.5. The van der Waals surface area contributed by atoms with Crippen molar-refractivity contribution in [3.05, 3.63) is 17.5 Å². The molecule has 0 saturated heterocycles. The molecule has 2 rings (SSSR count). The summed E-state index contributed by atoms with van der Waals surface area (Å²) in [6.07, 6.45) is 2.71. The minimum absolute atomic E-state index is 0.178. The molecule has 2 unspecified atom stereocenters. The van der Waals surface area contributed by atoms with Crippen LogP contribution in [0.4, 0.5) is 4.79 Å². The van der Waals surface area contributed by atoms with Gasteiger partial charge in [-0.1, -0.05) is 24.9 Å². The number of urea groups is 1. The highest BCUT2D eigenvalue weighted by molar-refractivity contribution is 5.86. The third-order valence-electron chi connectivity index (χ3n) is 3.86. The van der Waals surface area contributed by atoms with Gasteiger partial charge in [0.05, 0.1) is 12.2 Å². The molecule has 1 aliphatic carbocycles. The maximum Gasteiger partial charge on any atom is 0.329 e. The van der Waals surface area contributed by atoms with Crippen molar-refractivity contribution in [3.8, 4) is 0 Å². The summed E-state index contributed by atoms with van der Waals surface area (Å²) in [4.78, 5) is 23.5. The molecular weight excluding hydrogens is 274 g/mol. The summed E-state index contributed by atoms with van der Waals surface area (Å²) in [6.45, 7) is 3.97. The monoisotopic (exact) mass is 295 g/mol. The number of amides is 2. The molecule has 1 aromatic heterocycles. The molecule has 1 aromatic rings. The van der Waals surface area contributed by atoms with Crippen molar-refractivity contribution in [1.82, 2.24) is 15.8 Å². The van der Waals surface area contributed by atoms with Crippen LogP contribution in [0, 0.1) is 12.8 Å². The van der Waals surface area contributed by atoms with E-state index >= 15 is 0 Å². The zero-order valence-corrected chi connectivity index (χ0v) is 12.3. The SMILES string of the molecule is Cc1cc(CNC(=O)NC2(C(=O)O)CCCC(C)C2)on1. The summed E-state index contributed by atoms with van der Waals surface area (Å²) < 4.78 is 4.99. The smallest absolute Gasteiger partial charge is 0.329 e. The number of carboxylic acids is 1. The van der Waals surface area contributed by atoms with Crippen LogP contribution in [-0.2, 0) is 11.3 Å². The Hall–Kier alpha value is -2.05. The van der Waals surface area contributed by atoms with Crippen molar-refractivity contribution < 1.29 is 19.2 Å². The van der Waals surface area contributed by atoms with Crippen LogP contribution in [0.5, 0.6) is 0 Å². The number of aryl methyl sites for hydroxylation is 1. The molecule has 0 radical (unpaired) electrons. The molecule has 0 aliphatic heterocycles. The van der Waals surface area contributed by atoms with Crippen molar-refractivity contribution in [2.24, 2.45) is 5.92 Å². The van der Waals surface area contributed by atoms with Gasteiger partial charge in [0.15, 0.2) is 5.76 Å². The number of aliphatic carboxylic acids is 1. The van der Waals surface area contributed by atoms with Gasteiger partial charge in [0.25, 0.3) is 0 Å². The summed E-state index contributed by atoms with van der Waals surface area (Å²) in [5.41, 5.74) is -0.436. The molecule has 0 aromatic carbocycles. The zero-order valence-electron chi connectivity index (χ0n) is 12.3. The van der Waals surface area contributed by atoms with E-state index in [2.05, 4.69) is 15.8 Å². The van der Waals surface area contributed by atoms with Crippen LogP contribution in [0.1, 0.15) is 44.1 Å². The fourth-order valence-corrected chi connectivity index (χ4v) is 2.84. The molecule has 2 amide bonds. The number of carboxylic acid groups (broad SMARTS) is 1. The second-order valence-corrected chi connectivity index (χ2v) is 5.83. The highest BCUT2D eigenvalue weighted by atomic mass is 16.5. The number of hydrogen-bond acceptors (Lipinski definition) is 4. The van der Waals surface area contributed by atoms with Gasteiger partial charge >= 0.3 is 12.0 Å². The van der Waals surface area contributed by atoms with Crippen LogP contribution in [0.3, 0.4) is 0 Å². The van der Waals surface area contributed by atoms with Gasteiger partial charge in [-0.25, -0.2) is 9.59 Å². The molecule has 0 spiro atoms. The minimum atomic E-state index is -1.17. The molecule has 21 heavy (non-hydrogen) atoms. The Morgan fingerprint density at radius 3 is 2.90 bits per heavy atom. The molecule has 1 aliphatic rings. The Bertz CT molecular complexity index is 528. The lowest BCUT2D eigenvalue weighted by molar-refractivity contribution is -0.146. The Kier molecular flexibility index (Phi) is 4.50. The van der Waals surface area contributed by atoms with Gasteiger partial charge in [0, 0.05) is 6.07 Å². The van der Waals surface area contributed by atoms with Gasteiger partial charge in [-0.3, -0.25) is 0 Å². The Balaban J connectivity index is 1.94. The summed E-state index contributed by atoms with van der Waals surface area (Å²) in [7, 11) is 0. The molecule has 7 heteroatoms. The van der Waals surface area contributed by atoms with Crippen molar-refractivity contribution in [3.63, 3.8) is 0 Å². The van der Waals surface area contributed by atoms with E-state index < -0.39 is 17.5 Å². The number of carbonyl (C=O) groups excluding carboxylic acids is 1. The topological polar surface area (TPSA) is 104 Å². The number of carbonyl (C=O) groups is 2. The molecule has 1 fully saturated rings. The number of nitrogens with zero attached hydrogens (tertiary/aromatic N) is 1. The molecular formula is C14H21N3O4. The lowest BCUT2D eigenvalue weighted by Gasteiger charge is -2.36. The van der Waals surface area contributed by atoms with E-state index in [0.29, 0.717) is 18.6 Å². The van der Waals surface area contributed by atoms with Gasteiger partial charge in [0.1, 0.15) is 5.54 Å². The molecule has 3 N–H and O–H groups in total.